The molecule has 3 nitrogen and oxygen atoms in total. The van der Waals surface area contributed by atoms with Crippen LogP contribution in [0.4, 0.5) is 0 Å². The van der Waals surface area contributed by atoms with Crippen LogP contribution in [0.25, 0.3) is 0 Å². The number of rotatable bonds is 4. The van der Waals surface area contributed by atoms with E-state index in [0.717, 1.165) is 22.3 Å². The lowest BCUT2D eigenvalue weighted by molar-refractivity contribution is -0.143. The Morgan fingerprint density at radius 1 is 1.10 bits per heavy atom. The summed E-state index contributed by atoms with van der Waals surface area (Å²) in [6, 6.07) is 13.0. The van der Waals surface area contributed by atoms with E-state index in [-0.39, 0.29) is 11.7 Å². The summed E-state index contributed by atoms with van der Waals surface area (Å²) in [6.07, 6.45) is 0. The molecule has 2 aromatic rings. The van der Waals surface area contributed by atoms with Gasteiger partial charge in [0.05, 0.1) is 6.61 Å². The molecule has 0 heterocycles. The normalized spacial score (nSPS) is 12.0. The van der Waals surface area contributed by atoms with Crippen molar-refractivity contribution in [1.82, 2.24) is 0 Å². The Kier molecular flexibility index (Phi) is 4.63. The molecule has 1 unspecified atom stereocenters. The van der Waals surface area contributed by atoms with Gasteiger partial charge in [0, 0.05) is 0 Å². The molecule has 21 heavy (non-hydrogen) atoms. The first-order valence-corrected chi connectivity index (χ1v) is 7.07. The highest BCUT2D eigenvalue weighted by atomic mass is 16.5. The molecule has 0 aliphatic carbocycles. The van der Waals surface area contributed by atoms with Crippen molar-refractivity contribution in [3.8, 4) is 5.75 Å². The maximum absolute atomic E-state index is 12.4. The molecule has 3 heteroatoms. The molecule has 0 aromatic heterocycles. The molecular weight excluding hydrogens is 264 g/mol. The fourth-order valence-corrected chi connectivity index (χ4v) is 2.45. The Hall–Kier alpha value is -2.29. The summed E-state index contributed by atoms with van der Waals surface area (Å²) in [7, 11) is 0. The highest BCUT2D eigenvalue weighted by Gasteiger charge is 2.26. The zero-order chi connectivity index (χ0) is 15.4. The first kappa shape index (κ1) is 15.1. The van der Waals surface area contributed by atoms with Crippen molar-refractivity contribution in [3.63, 3.8) is 0 Å². The number of aromatic hydroxyl groups is 1. The third-order valence-corrected chi connectivity index (χ3v) is 3.77. The molecule has 0 aliphatic heterocycles. The number of phenolic OH excluding ortho intramolecular Hbond substituents is 1. The van der Waals surface area contributed by atoms with E-state index in [1.54, 1.807) is 19.1 Å². The summed E-state index contributed by atoms with van der Waals surface area (Å²) in [5.74, 6) is -0.491. The molecule has 0 amide bonds. The third kappa shape index (κ3) is 3.07. The van der Waals surface area contributed by atoms with E-state index in [9.17, 15) is 9.90 Å². The van der Waals surface area contributed by atoms with Gasteiger partial charge >= 0.3 is 5.97 Å². The molecule has 0 bridgehead atoms. The van der Waals surface area contributed by atoms with Gasteiger partial charge in [0.15, 0.2) is 0 Å². The second-order valence-electron chi connectivity index (χ2n) is 5.02. The van der Waals surface area contributed by atoms with Crippen LogP contribution in [-0.2, 0) is 9.53 Å². The van der Waals surface area contributed by atoms with Crippen LogP contribution in [0.5, 0.6) is 5.75 Å². The number of esters is 1. The Labute approximate surface area is 125 Å². The van der Waals surface area contributed by atoms with Gasteiger partial charge < -0.3 is 9.84 Å². The van der Waals surface area contributed by atoms with Gasteiger partial charge in [-0.05, 0) is 49.1 Å². The molecule has 1 N–H and O–H groups in total. The average molecular weight is 284 g/mol. The lowest BCUT2D eigenvalue weighted by Gasteiger charge is -2.20. The van der Waals surface area contributed by atoms with Gasteiger partial charge in [-0.1, -0.05) is 36.4 Å². The standard InChI is InChI=1S/C18H20O3/c1-4-21-18(20)17(14-8-6-5-7-9-14)15-10-11-16(19)13(3)12(15)2/h5-11,17,19H,4H2,1-3H3. The number of ether oxygens (including phenoxy) is 1. The number of phenols is 1. The van der Waals surface area contributed by atoms with Gasteiger partial charge in [-0.2, -0.15) is 0 Å². The molecule has 0 aliphatic rings. The minimum absolute atomic E-state index is 0.243. The van der Waals surface area contributed by atoms with Crippen molar-refractivity contribution < 1.29 is 14.6 Å². The van der Waals surface area contributed by atoms with Crippen LogP contribution in [0.15, 0.2) is 42.5 Å². The third-order valence-electron chi connectivity index (χ3n) is 3.77. The molecule has 0 fully saturated rings. The van der Waals surface area contributed by atoms with Gasteiger partial charge in [0.1, 0.15) is 11.7 Å². The number of carbonyl (C=O) groups excluding carboxylic acids is 1. The summed E-state index contributed by atoms with van der Waals surface area (Å²) in [5, 5.41) is 9.80. The van der Waals surface area contributed by atoms with E-state index in [4.69, 9.17) is 4.74 Å². The van der Waals surface area contributed by atoms with Gasteiger partial charge in [-0.15, -0.1) is 0 Å². The van der Waals surface area contributed by atoms with Gasteiger partial charge in [-0.3, -0.25) is 4.79 Å². The Bertz CT molecular complexity index is 632. The van der Waals surface area contributed by atoms with Crippen LogP contribution in [0.3, 0.4) is 0 Å². The molecule has 0 saturated heterocycles. The molecule has 0 saturated carbocycles. The smallest absolute Gasteiger partial charge is 0.317 e. The SMILES string of the molecule is CCOC(=O)C(c1ccccc1)c1ccc(O)c(C)c1C. The Balaban J connectivity index is 2.56. The predicted molar refractivity (Wildman–Crippen MR) is 82.5 cm³/mol. The first-order valence-electron chi connectivity index (χ1n) is 7.07. The van der Waals surface area contributed by atoms with E-state index in [2.05, 4.69) is 0 Å². The lowest BCUT2D eigenvalue weighted by Crippen LogP contribution is -2.18. The summed E-state index contributed by atoms with van der Waals surface area (Å²) in [6.45, 7) is 5.91. The van der Waals surface area contributed by atoms with Gasteiger partial charge in [0.25, 0.3) is 0 Å². The second-order valence-corrected chi connectivity index (χ2v) is 5.02. The van der Waals surface area contributed by atoms with Gasteiger partial charge in [0.2, 0.25) is 0 Å². The van der Waals surface area contributed by atoms with E-state index in [1.807, 2.05) is 44.2 Å². The summed E-state index contributed by atoms with van der Waals surface area (Å²) >= 11 is 0. The maximum Gasteiger partial charge on any atom is 0.317 e. The topological polar surface area (TPSA) is 46.5 Å². The van der Waals surface area contributed by atoms with E-state index < -0.39 is 5.92 Å². The molecule has 110 valence electrons. The summed E-state index contributed by atoms with van der Waals surface area (Å²) < 4.78 is 5.24. The average Bonchev–Trinajstić information content (AvgIpc) is 2.49. The zero-order valence-electron chi connectivity index (χ0n) is 12.6. The molecule has 1 atom stereocenters. The largest absolute Gasteiger partial charge is 0.508 e. The van der Waals surface area contributed by atoms with E-state index in [1.165, 1.54) is 0 Å². The van der Waals surface area contributed by atoms with Crippen LogP contribution in [0, 0.1) is 13.8 Å². The fourth-order valence-electron chi connectivity index (χ4n) is 2.45. The molecule has 0 radical (unpaired) electrons. The van der Waals surface area contributed by atoms with Crippen LogP contribution < -0.4 is 0 Å². The van der Waals surface area contributed by atoms with Crippen LogP contribution >= 0.6 is 0 Å². The highest BCUT2D eigenvalue weighted by molar-refractivity contribution is 5.83. The van der Waals surface area contributed by atoms with Crippen LogP contribution in [0.2, 0.25) is 0 Å². The molecule has 2 aromatic carbocycles. The number of hydrogen-bond donors (Lipinski definition) is 1. The van der Waals surface area contributed by atoms with Crippen molar-refractivity contribution in [1.29, 1.82) is 0 Å². The first-order chi connectivity index (χ1) is 10.1. The number of hydrogen-bond acceptors (Lipinski definition) is 3. The Morgan fingerprint density at radius 3 is 2.38 bits per heavy atom. The van der Waals surface area contributed by atoms with E-state index >= 15 is 0 Å². The fraction of sp³-hybridized carbons (Fsp3) is 0.278. The summed E-state index contributed by atoms with van der Waals surface area (Å²) in [4.78, 5) is 12.4. The van der Waals surface area contributed by atoms with Crippen molar-refractivity contribution in [2.45, 2.75) is 26.7 Å². The van der Waals surface area contributed by atoms with E-state index in [0.29, 0.717) is 6.61 Å². The molecule has 0 spiro atoms. The maximum atomic E-state index is 12.4. The van der Waals surface area contributed by atoms with Gasteiger partial charge in [-0.25, -0.2) is 0 Å². The lowest BCUT2D eigenvalue weighted by atomic mass is 9.86. The summed E-state index contributed by atoms with van der Waals surface area (Å²) in [5.41, 5.74) is 3.47. The number of carbonyl (C=O) groups is 1. The predicted octanol–water partition coefficient (Wildman–Crippen LogP) is 3.70. The van der Waals surface area contributed by atoms with Crippen molar-refractivity contribution >= 4 is 5.97 Å². The minimum Gasteiger partial charge on any atom is -0.508 e. The zero-order valence-corrected chi connectivity index (χ0v) is 12.6. The Morgan fingerprint density at radius 2 is 1.76 bits per heavy atom. The second kappa shape index (κ2) is 6.44. The van der Waals surface area contributed by atoms with Crippen molar-refractivity contribution in [2.24, 2.45) is 0 Å². The molecule has 2 rings (SSSR count). The van der Waals surface area contributed by atoms with Crippen LogP contribution in [0.1, 0.15) is 35.1 Å². The van der Waals surface area contributed by atoms with Crippen molar-refractivity contribution in [3.05, 3.63) is 64.7 Å². The molecular formula is C18H20O3. The number of benzene rings is 2. The van der Waals surface area contributed by atoms with Crippen molar-refractivity contribution in [2.75, 3.05) is 6.61 Å². The quantitative estimate of drug-likeness (QED) is 0.871. The monoisotopic (exact) mass is 284 g/mol. The van der Waals surface area contributed by atoms with Crippen LogP contribution in [-0.4, -0.2) is 17.7 Å². The minimum atomic E-state index is -0.467. The highest BCUT2D eigenvalue weighted by Crippen LogP contribution is 2.33.